The van der Waals surface area contributed by atoms with Gasteiger partial charge in [0.1, 0.15) is 18.1 Å². The molecule has 0 radical (unpaired) electrons. The summed E-state index contributed by atoms with van der Waals surface area (Å²) >= 11 is 6.12. The van der Waals surface area contributed by atoms with Gasteiger partial charge in [0.15, 0.2) is 11.0 Å². The molecule has 3 rings (SSSR count). The van der Waals surface area contributed by atoms with Crippen molar-refractivity contribution in [2.75, 3.05) is 13.2 Å². The van der Waals surface area contributed by atoms with Crippen LogP contribution in [-0.2, 0) is 15.7 Å². The fraction of sp³-hybridized carbons (Fsp3) is 0.273. The third-order valence-corrected chi connectivity index (χ3v) is 4.80. The van der Waals surface area contributed by atoms with E-state index in [0.717, 1.165) is 24.3 Å². The standard InChI is InChI=1S/C22H18ClF3O6/c1-12(7-8-30-11-20(28)29)31-18-9-13(22(24,25)26)5-6-15(18)19-10-17(27)14-3-2-4-16(23)21(14)32-19/h2-6,9-10,12H,7-8,11H2,1H3,(H,28,29). The number of para-hydroxylation sites is 1. The van der Waals surface area contributed by atoms with Crippen molar-refractivity contribution in [3.63, 3.8) is 0 Å². The highest BCUT2D eigenvalue weighted by Gasteiger charge is 2.32. The van der Waals surface area contributed by atoms with Gasteiger partial charge in [-0.2, -0.15) is 13.2 Å². The van der Waals surface area contributed by atoms with Crippen LogP contribution in [0.5, 0.6) is 5.75 Å². The largest absolute Gasteiger partial charge is 0.490 e. The van der Waals surface area contributed by atoms with Crippen molar-refractivity contribution in [3.8, 4) is 17.1 Å². The summed E-state index contributed by atoms with van der Waals surface area (Å²) in [5.74, 6) is -1.29. The zero-order valence-electron chi connectivity index (χ0n) is 16.7. The van der Waals surface area contributed by atoms with E-state index in [1.54, 1.807) is 13.0 Å². The summed E-state index contributed by atoms with van der Waals surface area (Å²) in [4.78, 5) is 23.0. The number of rotatable bonds is 8. The van der Waals surface area contributed by atoms with E-state index in [1.165, 1.54) is 12.1 Å². The summed E-state index contributed by atoms with van der Waals surface area (Å²) in [6.45, 7) is 1.13. The van der Waals surface area contributed by atoms with Crippen LogP contribution in [0.2, 0.25) is 5.02 Å². The maximum absolute atomic E-state index is 13.3. The average Bonchev–Trinajstić information content (AvgIpc) is 2.71. The second kappa shape index (κ2) is 9.62. The van der Waals surface area contributed by atoms with Crippen molar-refractivity contribution in [2.24, 2.45) is 0 Å². The average molecular weight is 471 g/mol. The molecule has 0 saturated carbocycles. The molecule has 0 aliphatic carbocycles. The minimum atomic E-state index is -4.61. The molecule has 0 fully saturated rings. The van der Waals surface area contributed by atoms with Crippen LogP contribution < -0.4 is 10.2 Å². The molecule has 0 spiro atoms. The first kappa shape index (κ1) is 23.6. The molecule has 0 aliphatic heterocycles. The Hall–Kier alpha value is -3.04. The molecule has 1 unspecified atom stereocenters. The molecule has 10 heteroatoms. The lowest BCUT2D eigenvalue weighted by molar-refractivity contribution is -0.142. The number of halogens is 4. The van der Waals surface area contributed by atoms with Crippen LogP contribution in [0.25, 0.3) is 22.3 Å². The Labute approximate surface area is 185 Å². The first-order valence-corrected chi connectivity index (χ1v) is 9.84. The third-order valence-electron chi connectivity index (χ3n) is 4.50. The number of hydrogen-bond acceptors (Lipinski definition) is 5. The monoisotopic (exact) mass is 470 g/mol. The predicted molar refractivity (Wildman–Crippen MR) is 111 cm³/mol. The van der Waals surface area contributed by atoms with Gasteiger partial charge in [0.2, 0.25) is 0 Å². The number of carboxylic acid groups (broad SMARTS) is 1. The number of fused-ring (bicyclic) bond motifs is 1. The van der Waals surface area contributed by atoms with Crippen LogP contribution in [0.3, 0.4) is 0 Å². The third kappa shape index (κ3) is 5.60. The lowest BCUT2D eigenvalue weighted by Crippen LogP contribution is -2.17. The summed E-state index contributed by atoms with van der Waals surface area (Å²) in [6, 6.07) is 8.64. The van der Waals surface area contributed by atoms with Crippen molar-refractivity contribution in [1.82, 2.24) is 0 Å². The Balaban J connectivity index is 1.99. The minimum absolute atomic E-state index is 0.00588. The number of carbonyl (C=O) groups is 1. The smallest absolute Gasteiger partial charge is 0.416 e. The molecule has 1 N–H and O–H groups in total. The summed E-state index contributed by atoms with van der Waals surface area (Å²) in [6.07, 6.45) is -5.02. The first-order valence-electron chi connectivity index (χ1n) is 9.46. The Morgan fingerprint density at radius 3 is 2.66 bits per heavy atom. The molecule has 1 heterocycles. The maximum Gasteiger partial charge on any atom is 0.416 e. The van der Waals surface area contributed by atoms with Gasteiger partial charge in [0.05, 0.1) is 34.2 Å². The Morgan fingerprint density at radius 1 is 1.22 bits per heavy atom. The van der Waals surface area contributed by atoms with Gasteiger partial charge >= 0.3 is 12.1 Å². The van der Waals surface area contributed by atoms with Crippen LogP contribution >= 0.6 is 11.6 Å². The molecule has 0 bridgehead atoms. The van der Waals surface area contributed by atoms with Crippen LogP contribution in [0.4, 0.5) is 13.2 Å². The maximum atomic E-state index is 13.3. The van der Waals surface area contributed by atoms with E-state index in [9.17, 15) is 22.8 Å². The molecule has 0 aliphatic rings. The Morgan fingerprint density at radius 2 is 1.97 bits per heavy atom. The quantitative estimate of drug-likeness (QED) is 0.444. The summed E-state index contributed by atoms with van der Waals surface area (Å²) in [7, 11) is 0. The van der Waals surface area contributed by atoms with E-state index in [0.29, 0.717) is 0 Å². The number of carboxylic acids is 1. The molecule has 32 heavy (non-hydrogen) atoms. The van der Waals surface area contributed by atoms with Gasteiger partial charge in [-0.05, 0) is 37.3 Å². The fourth-order valence-electron chi connectivity index (χ4n) is 2.96. The van der Waals surface area contributed by atoms with Gasteiger partial charge in [0, 0.05) is 12.5 Å². The van der Waals surface area contributed by atoms with Gasteiger partial charge in [-0.15, -0.1) is 0 Å². The normalized spacial score (nSPS) is 12.7. The molecular weight excluding hydrogens is 453 g/mol. The molecule has 3 aromatic rings. The second-order valence-corrected chi connectivity index (χ2v) is 7.37. The van der Waals surface area contributed by atoms with E-state index in [2.05, 4.69) is 0 Å². The van der Waals surface area contributed by atoms with E-state index >= 15 is 0 Å². The van der Waals surface area contributed by atoms with Crippen LogP contribution in [0.15, 0.2) is 51.7 Å². The topological polar surface area (TPSA) is 86.0 Å². The molecule has 1 atom stereocenters. The van der Waals surface area contributed by atoms with Gasteiger partial charge < -0.3 is 19.0 Å². The highest BCUT2D eigenvalue weighted by molar-refractivity contribution is 6.34. The highest BCUT2D eigenvalue weighted by Crippen LogP contribution is 2.38. The number of aliphatic carboxylic acids is 1. The SMILES string of the molecule is CC(CCOCC(=O)O)Oc1cc(C(F)(F)F)ccc1-c1cc(=O)c2cccc(Cl)c2o1. The van der Waals surface area contributed by atoms with Crippen LogP contribution in [0, 0.1) is 0 Å². The highest BCUT2D eigenvalue weighted by atomic mass is 35.5. The number of benzene rings is 2. The van der Waals surface area contributed by atoms with Crippen molar-refractivity contribution >= 4 is 28.5 Å². The summed E-state index contributed by atoms with van der Waals surface area (Å²) < 4.78 is 56.2. The van der Waals surface area contributed by atoms with Gasteiger partial charge in [-0.25, -0.2) is 4.79 Å². The summed E-state index contributed by atoms with van der Waals surface area (Å²) in [5, 5.41) is 9.01. The van der Waals surface area contributed by atoms with Crippen molar-refractivity contribution in [3.05, 3.63) is 63.3 Å². The number of hydrogen-bond donors (Lipinski definition) is 1. The first-order chi connectivity index (χ1) is 15.1. The molecule has 170 valence electrons. The Kier molecular flexibility index (Phi) is 7.10. The van der Waals surface area contributed by atoms with Gasteiger partial charge in [-0.1, -0.05) is 17.7 Å². The molecule has 0 amide bonds. The lowest BCUT2D eigenvalue weighted by Gasteiger charge is -2.19. The predicted octanol–water partition coefficient (Wildman–Crippen LogP) is 5.39. The molecule has 0 saturated heterocycles. The van der Waals surface area contributed by atoms with Crippen molar-refractivity contribution < 1.29 is 37.0 Å². The second-order valence-electron chi connectivity index (χ2n) is 6.96. The van der Waals surface area contributed by atoms with E-state index in [1.807, 2.05) is 0 Å². The lowest BCUT2D eigenvalue weighted by atomic mass is 10.1. The minimum Gasteiger partial charge on any atom is -0.490 e. The number of alkyl halides is 3. The molecule has 1 aromatic heterocycles. The van der Waals surface area contributed by atoms with Crippen LogP contribution in [0.1, 0.15) is 18.9 Å². The zero-order chi connectivity index (χ0) is 23.5. The van der Waals surface area contributed by atoms with E-state index < -0.39 is 35.8 Å². The van der Waals surface area contributed by atoms with E-state index in [-0.39, 0.29) is 46.1 Å². The van der Waals surface area contributed by atoms with Crippen molar-refractivity contribution in [1.29, 1.82) is 0 Å². The Bertz CT molecular complexity index is 1190. The van der Waals surface area contributed by atoms with Gasteiger partial charge in [0.25, 0.3) is 0 Å². The summed E-state index contributed by atoms with van der Waals surface area (Å²) in [5.41, 5.74) is -1.11. The molecule has 6 nitrogen and oxygen atoms in total. The van der Waals surface area contributed by atoms with E-state index in [4.69, 9.17) is 30.6 Å². The van der Waals surface area contributed by atoms with Crippen LogP contribution in [-0.4, -0.2) is 30.4 Å². The molecular formula is C22H18ClF3O6. The fourth-order valence-corrected chi connectivity index (χ4v) is 3.17. The van der Waals surface area contributed by atoms with Gasteiger partial charge in [-0.3, -0.25) is 4.79 Å². The zero-order valence-corrected chi connectivity index (χ0v) is 17.5. The number of ether oxygens (including phenoxy) is 2. The molecule has 2 aromatic carbocycles. The van der Waals surface area contributed by atoms with Crippen molar-refractivity contribution in [2.45, 2.75) is 25.6 Å².